The predicted molar refractivity (Wildman–Crippen MR) is 289 cm³/mol. The molecule has 0 fully saturated rings. The molecule has 0 spiro atoms. The van der Waals surface area contributed by atoms with Crippen molar-refractivity contribution in [1.29, 1.82) is 0 Å². The molecule has 0 aliphatic carbocycles. The summed E-state index contributed by atoms with van der Waals surface area (Å²) in [7, 11) is 0. The third kappa shape index (κ3) is 6.41. The normalized spacial score (nSPS) is 14.3. The van der Waals surface area contributed by atoms with E-state index in [4.69, 9.17) is 4.42 Å². The van der Waals surface area contributed by atoms with E-state index < -0.39 is 0 Å². The second kappa shape index (κ2) is 15.6. The van der Waals surface area contributed by atoms with Crippen molar-refractivity contribution in [2.75, 3.05) is 9.80 Å². The number of rotatable bonds is 6. The number of benzene rings is 10. The van der Waals surface area contributed by atoms with Crippen molar-refractivity contribution in [3.8, 4) is 44.5 Å². The van der Waals surface area contributed by atoms with Crippen molar-refractivity contribution in [1.82, 2.24) is 0 Å². The maximum absolute atomic E-state index is 7.02. The fourth-order valence-electron chi connectivity index (χ4n) is 11.4. The first-order valence-corrected chi connectivity index (χ1v) is 24.1. The summed E-state index contributed by atoms with van der Waals surface area (Å²) in [6.07, 6.45) is 0. The van der Waals surface area contributed by atoms with Crippen LogP contribution in [-0.2, 0) is 10.8 Å². The van der Waals surface area contributed by atoms with E-state index in [1.807, 2.05) is 0 Å². The fourth-order valence-corrected chi connectivity index (χ4v) is 11.4. The van der Waals surface area contributed by atoms with E-state index in [1.54, 1.807) is 0 Å². The molecule has 0 unspecified atom stereocenters. The lowest BCUT2D eigenvalue weighted by Crippen LogP contribution is -2.30. The quantitative estimate of drug-likeness (QED) is 0.166. The van der Waals surface area contributed by atoms with Gasteiger partial charge < -0.3 is 14.2 Å². The van der Waals surface area contributed by atoms with Crippen LogP contribution in [-0.4, -0.2) is 0 Å². The molecule has 2 aliphatic rings. The van der Waals surface area contributed by atoms with Crippen molar-refractivity contribution in [2.45, 2.75) is 38.5 Å². The Morgan fingerprint density at radius 3 is 1.07 bits per heavy atom. The Morgan fingerprint density at radius 2 is 0.652 bits per heavy atom. The van der Waals surface area contributed by atoms with Gasteiger partial charge in [-0.25, -0.2) is 0 Å². The average Bonchev–Trinajstić information content (AvgIpc) is 3.79. The summed E-state index contributed by atoms with van der Waals surface area (Å²) >= 11 is 0. The molecule has 3 nitrogen and oxygen atoms in total. The maximum atomic E-state index is 7.02. The Hall–Kier alpha value is -8.40. The van der Waals surface area contributed by atoms with Gasteiger partial charge in [-0.05, 0) is 116 Å². The molecule has 0 saturated heterocycles. The minimum atomic E-state index is -0.179. The van der Waals surface area contributed by atoms with Crippen LogP contribution in [0.4, 0.5) is 34.1 Å². The number of hydrogen-bond acceptors (Lipinski definition) is 3. The van der Waals surface area contributed by atoms with Gasteiger partial charge in [-0.1, -0.05) is 198 Å². The molecule has 1 aromatic heterocycles. The van der Waals surface area contributed by atoms with Crippen molar-refractivity contribution in [3.05, 3.63) is 253 Å². The topological polar surface area (TPSA) is 19.6 Å². The third-order valence-electron chi connectivity index (χ3n) is 15.1. The van der Waals surface area contributed by atoms with Gasteiger partial charge in [0.2, 0.25) is 0 Å². The molecule has 3 heterocycles. The summed E-state index contributed by atoms with van der Waals surface area (Å²) in [5.74, 6) is 0. The molecule has 13 rings (SSSR count). The highest BCUT2D eigenvalue weighted by atomic mass is 16.3. The van der Waals surface area contributed by atoms with Crippen LogP contribution in [0.5, 0.6) is 0 Å². The lowest BCUT2D eigenvalue weighted by Gasteiger charge is -2.42. The van der Waals surface area contributed by atoms with E-state index in [-0.39, 0.29) is 10.8 Å². The minimum Gasteiger partial charge on any atom is -0.455 e. The van der Waals surface area contributed by atoms with Gasteiger partial charge in [0.25, 0.3) is 0 Å². The summed E-state index contributed by atoms with van der Waals surface area (Å²) < 4.78 is 7.02. The second-order valence-electron chi connectivity index (χ2n) is 19.7. The molecule has 330 valence electrons. The Labute approximate surface area is 404 Å². The van der Waals surface area contributed by atoms with Gasteiger partial charge >= 0.3 is 0 Å². The third-order valence-corrected chi connectivity index (χ3v) is 15.1. The van der Waals surface area contributed by atoms with Crippen LogP contribution in [0.25, 0.3) is 66.4 Å². The molecule has 3 heteroatoms. The molecule has 0 atom stereocenters. The van der Waals surface area contributed by atoms with Crippen molar-refractivity contribution in [3.63, 3.8) is 0 Å². The minimum absolute atomic E-state index is 0.179. The van der Waals surface area contributed by atoms with Crippen LogP contribution in [0.15, 0.2) is 235 Å². The smallest absolute Gasteiger partial charge is 0.143 e. The van der Waals surface area contributed by atoms with E-state index in [9.17, 15) is 0 Å². The average molecular weight is 887 g/mol. The van der Waals surface area contributed by atoms with E-state index >= 15 is 0 Å². The summed E-state index contributed by atoms with van der Waals surface area (Å²) in [4.78, 5) is 4.86. The van der Waals surface area contributed by atoms with Gasteiger partial charge in [0.1, 0.15) is 11.2 Å². The zero-order valence-corrected chi connectivity index (χ0v) is 39.2. The second-order valence-corrected chi connectivity index (χ2v) is 19.7. The molecule has 69 heavy (non-hydrogen) atoms. The number of furan rings is 1. The van der Waals surface area contributed by atoms with Gasteiger partial charge in [-0.2, -0.15) is 0 Å². The van der Waals surface area contributed by atoms with Crippen LogP contribution < -0.4 is 9.80 Å². The fraction of sp³-hybridized carbons (Fsp3) is 0.0909. The molecule has 0 radical (unpaired) electrons. The lowest BCUT2D eigenvalue weighted by molar-refractivity contribution is 0.632. The molecule has 2 aliphatic heterocycles. The molecule has 0 N–H and O–H groups in total. The standard InChI is InChI=1S/C66H50N2O/c1-65(2)55-25-11-13-27-59(55)67(61-39-33-47(41-57(61)65)43-17-7-5-8-18-43)49-35-29-45(30-36-49)51-21-15-23-53-54-24-16-22-52(64(54)69-63(51)53)46-31-37-50(38-32-46)68-60-28-14-12-26-56(60)66(3,4)58-42-48(34-40-62(58)68)44-19-9-6-10-20-44/h5-42H,1-4H3. The molecule has 0 bridgehead atoms. The van der Waals surface area contributed by atoms with Gasteiger partial charge in [-0.3, -0.25) is 0 Å². The SMILES string of the molecule is CC1(C)c2ccccc2N(c2ccc(-c3cccc4c3oc3c(-c5ccc(N6c7ccccc7C(C)(C)c7cc(-c8ccccc8)ccc76)cc5)cccc34)cc2)c2ccc(-c3ccccc3)cc21. The maximum Gasteiger partial charge on any atom is 0.143 e. The largest absolute Gasteiger partial charge is 0.455 e. The highest BCUT2D eigenvalue weighted by Crippen LogP contribution is 2.55. The Kier molecular flexibility index (Phi) is 9.22. The van der Waals surface area contributed by atoms with Gasteiger partial charge in [0, 0.05) is 44.1 Å². The first-order chi connectivity index (χ1) is 33.7. The van der Waals surface area contributed by atoms with Crippen LogP contribution >= 0.6 is 0 Å². The van der Waals surface area contributed by atoms with E-state index in [2.05, 4.69) is 268 Å². The number of anilines is 6. The molecule has 0 amide bonds. The van der Waals surface area contributed by atoms with E-state index in [0.717, 1.165) is 55.6 Å². The van der Waals surface area contributed by atoms with Gasteiger partial charge in [0.15, 0.2) is 0 Å². The van der Waals surface area contributed by atoms with Crippen molar-refractivity contribution >= 4 is 56.1 Å². The van der Waals surface area contributed by atoms with Crippen molar-refractivity contribution < 1.29 is 4.42 Å². The number of para-hydroxylation sites is 4. The summed E-state index contributed by atoms with van der Waals surface area (Å²) in [5, 5.41) is 2.22. The van der Waals surface area contributed by atoms with E-state index in [1.165, 1.54) is 67.3 Å². The highest BCUT2D eigenvalue weighted by Gasteiger charge is 2.38. The molecule has 10 aromatic carbocycles. The highest BCUT2D eigenvalue weighted by molar-refractivity contribution is 6.13. The first-order valence-electron chi connectivity index (χ1n) is 24.1. The number of fused-ring (bicyclic) bond motifs is 7. The predicted octanol–water partition coefficient (Wildman–Crippen LogP) is 18.5. The van der Waals surface area contributed by atoms with E-state index in [0.29, 0.717) is 0 Å². The Bertz CT molecular complexity index is 3520. The van der Waals surface area contributed by atoms with Crippen LogP contribution in [0, 0.1) is 0 Å². The molecular weight excluding hydrogens is 837 g/mol. The number of nitrogens with zero attached hydrogens (tertiary/aromatic N) is 2. The summed E-state index contributed by atoms with van der Waals surface area (Å²) in [5.41, 5.74) is 23.0. The van der Waals surface area contributed by atoms with Crippen LogP contribution in [0.3, 0.4) is 0 Å². The lowest BCUT2D eigenvalue weighted by atomic mass is 9.73. The zero-order valence-electron chi connectivity index (χ0n) is 39.2. The molecule has 0 saturated carbocycles. The van der Waals surface area contributed by atoms with Crippen molar-refractivity contribution in [2.24, 2.45) is 0 Å². The summed E-state index contributed by atoms with van der Waals surface area (Å²) in [6, 6.07) is 84.1. The van der Waals surface area contributed by atoms with Crippen LogP contribution in [0.1, 0.15) is 49.9 Å². The van der Waals surface area contributed by atoms with Gasteiger partial charge in [0.05, 0.1) is 22.7 Å². The Morgan fingerprint density at radius 1 is 0.290 bits per heavy atom. The van der Waals surface area contributed by atoms with Gasteiger partial charge in [-0.15, -0.1) is 0 Å². The summed E-state index contributed by atoms with van der Waals surface area (Å²) in [6.45, 7) is 9.41. The monoisotopic (exact) mass is 886 g/mol. The zero-order chi connectivity index (χ0) is 46.4. The molecule has 11 aromatic rings. The Balaban J connectivity index is 0.857. The molecular formula is C66H50N2O. The van der Waals surface area contributed by atoms with Crippen LogP contribution in [0.2, 0.25) is 0 Å². The first kappa shape index (κ1) is 40.8. The number of hydrogen-bond donors (Lipinski definition) is 0.